The monoisotopic (exact) mass is 390 g/mol. The second-order valence-corrected chi connectivity index (χ2v) is 9.51. The Hall–Kier alpha value is -2.12. The summed E-state index contributed by atoms with van der Waals surface area (Å²) in [4.78, 5) is 16.4. The fraction of sp³-hybridized carbons (Fsp3) is 0.450. The van der Waals surface area contributed by atoms with E-state index in [1.54, 1.807) is 24.3 Å². The summed E-state index contributed by atoms with van der Waals surface area (Å²) in [6.45, 7) is 3.15. The Morgan fingerprint density at radius 3 is 2.52 bits per heavy atom. The number of furan rings is 1. The molecule has 1 aromatic carbocycles. The second kappa shape index (κ2) is 8.27. The molecule has 0 unspecified atom stereocenters. The lowest BCUT2D eigenvalue weighted by Crippen LogP contribution is -2.43. The summed E-state index contributed by atoms with van der Waals surface area (Å²) in [5.41, 5.74) is 2.25. The fourth-order valence-electron chi connectivity index (χ4n) is 3.33. The van der Waals surface area contributed by atoms with Gasteiger partial charge in [0.25, 0.3) is 0 Å². The van der Waals surface area contributed by atoms with Crippen molar-refractivity contribution in [1.82, 2.24) is 9.80 Å². The zero-order valence-electron chi connectivity index (χ0n) is 15.8. The number of sulfone groups is 1. The topological polar surface area (TPSA) is 70.8 Å². The van der Waals surface area contributed by atoms with E-state index in [0.29, 0.717) is 19.5 Å². The summed E-state index contributed by atoms with van der Waals surface area (Å²) in [6, 6.07) is 11.6. The summed E-state index contributed by atoms with van der Waals surface area (Å²) in [6.07, 6.45) is 2.14. The van der Waals surface area contributed by atoms with Crippen LogP contribution in [0.4, 0.5) is 0 Å². The van der Waals surface area contributed by atoms with Gasteiger partial charge in [0.05, 0.1) is 30.9 Å². The molecule has 2 aromatic rings. The van der Waals surface area contributed by atoms with Gasteiger partial charge in [-0.15, -0.1) is 0 Å². The van der Waals surface area contributed by atoms with E-state index < -0.39 is 9.84 Å². The first-order chi connectivity index (χ1) is 12.8. The number of nitrogens with zero attached hydrogens (tertiary/aromatic N) is 2. The van der Waals surface area contributed by atoms with E-state index in [2.05, 4.69) is 0 Å². The predicted molar refractivity (Wildman–Crippen MR) is 104 cm³/mol. The van der Waals surface area contributed by atoms with E-state index in [-0.39, 0.29) is 30.0 Å². The first-order valence-electron chi connectivity index (χ1n) is 9.09. The summed E-state index contributed by atoms with van der Waals surface area (Å²) < 4.78 is 29.2. The molecule has 0 radical (unpaired) electrons. The fourth-order valence-corrected chi connectivity index (χ4v) is 5.09. The highest BCUT2D eigenvalue weighted by atomic mass is 32.2. The standard InChI is InChI=1S/C20H26N2O4S/c1-16-5-7-17(8-6-16)12-21(2)20(23)14-22(13-19-4-3-10-26-19)18-9-11-27(24,25)15-18/h3-8,10,18H,9,11-15H2,1-2H3/t18-/m0/s1. The molecule has 0 bridgehead atoms. The molecule has 0 N–H and O–H groups in total. The van der Waals surface area contributed by atoms with Crippen LogP contribution in [0.2, 0.25) is 0 Å². The van der Waals surface area contributed by atoms with Crippen molar-refractivity contribution in [2.75, 3.05) is 25.1 Å². The molecule has 1 aromatic heterocycles. The van der Waals surface area contributed by atoms with Crippen molar-refractivity contribution in [1.29, 1.82) is 0 Å². The molecule has 1 fully saturated rings. The third-order valence-electron chi connectivity index (χ3n) is 4.97. The summed E-state index contributed by atoms with van der Waals surface area (Å²) in [7, 11) is -1.25. The number of aryl methyl sites for hydroxylation is 1. The minimum Gasteiger partial charge on any atom is -0.468 e. The molecule has 0 spiro atoms. The third-order valence-corrected chi connectivity index (χ3v) is 6.72. The lowest BCUT2D eigenvalue weighted by molar-refractivity contribution is -0.132. The number of carbonyl (C=O) groups excluding carboxylic acids is 1. The van der Waals surface area contributed by atoms with E-state index in [4.69, 9.17) is 4.42 Å². The van der Waals surface area contributed by atoms with Crippen LogP contribution in [-0.2, 0) is 27.7 Å². The number of carbonyl (C=O) groups is 1. The van der Waals surface area contributed by atoms with Gasteiger partial charge in [-0.2, -0.15) is 0 Å². The maximum absolute atomic E-state index is 12.8. The second-order valence-electron chi connectivity index (χ2n) is 7.28. The van der Waals surface area contributed by atoms with Crippen molar-refractivity contribution < 1.29 is 17.6 Å². The van der Waals surface area contributed by atoms with Crippen LogP contribution in [0.3, 0.4) is 0 Å². The van der Waals surface area contributed by atoms with Gasteiger partial charge in [-0.3, -0.25) is 9.69 Å². The zero-order valence-corrected chi connectivity index (χ0v) is 16.6. The summed E-state index contributed by atoms with van der Waals surface area (Å²) in [5.74, 6) is 0.974. The van der Waals surface area contributed by atoms with Gasteiger partial charge >= 0.3 is 0 Å². The number of rotatable bonds is 7. The predicted octanol–water partition coefficient (Wildman–Crippen LogP) is 2.24. The molecule has 146 valence electrons. The molecule has 27 heavy (non-hydrogen) atoms. The van der Waals surface area contributed by atoms with Crippen molar-refractivity contribution >= 4 is 15.7 Å². The highest BCUT2D eigenvalue weighted by Crippen LogP contribution is 2.20. The smallest absolute Gasteiger partial charge is 0.236 e. The van der Waals surface area contributed by atoms with Crippen molar-refractivity contribution in [2.24, 2.45) is 0 Å². The molecule has 6 nitrogen and oxygen atoms in total. The minimum atomic E-state index is -3.03. The Kier molecular flexibility index (Phi) is 6.01. The Morgan fingerprint density at radius 1 is 1.19 bits per heavy atom. The normalized spacial score (nSPS) is 18.7. The molecular weight excluding hydrogens is 364 g/mol. The van der Waals surface area contributed by atoms with Gasteiger partial charge in [0.1, 0.15) is 5.76 Å². The van der Waals surface area contributed by atoms with Gasteiger partial charge in [0.15, 0.2) is 9.84 Å². The van der Waals surface area contributed by atoms with E-state index in [9.17, 15) is 13.2 Å². The van der Waals surface area contributed by atoms with Gasteiger partial charge < -0.3 is 9.32 Å². The lowest BCUT2D eigenvalue weighted by Gasteiger charge is -2.28. The van der Waals surface area contributed by atoms with Crippen LogP contribution < -0.4 is 0 Å². The van der Waals surface area contributed by atoms with Gasteiger partial charge in [0, 0.05) is 19.6 Å². The average molecular weight is 391 g/mol. The molecule has 1 amide bonds. The first kappa shape index (κ1) is 19.6. The minimum absolute atomic E-state index is 0.0357. The van der Waals surface area contributed by atoms with Crippen LogP contribution in [-0.4, -0.2) is 55.3 Å². The van der Waals surface area contributed by atoms with Gasteiger partial charge in [-0.05, 0) is 31.0 Å². The van der Waals surface area contributed by atoms with Crippen molar-refractivity contribution in [3.63, 3.8) is 0 Å². The maximum atomic E-state index is 12.8. The van der Waals surface area contributed by atoms with Gasteiger partial charge in [-0.1, -0.05) is 29.8 Å². The molecule has 2 heterocycles. The summed E-state index contributed by atoms with van der Waals surface area (Å²) >= 11 is 0. The molecule has 3 rings (SSSR count). The Morgan fingerprint density at radius 2 is 1.93 bits per heavy atom. The number of likely N-dealkylation sites (N-methyl/N-ethyl adjacent to an activating group) is 1. The Labute approximate surface area is 160 Å². The molecule has 0 saturated carbocycles. The Balaban J connectivity index is 1.66. The van der Waals surface area contributed by atoms with Crippen LogP contribution >= 0.6 is 0 Å². The molecule has 1 aliphatic rings. The number of hydrogen-bond acceptors (Lipinski definition) is 5. The zero-order chi connectivity index (χ0) is 19.4. The van der Waals surface area contributed by atoms with Gasteiger partial charge in [-0.25, -0.2) is 8.42 Å². The SMILES string of the molecule is Cc1ccc(CN(C)C(=O)CN(Cc2ccco2)[C@H]2CCS(=O)(=O)C2)cc1. The molecular formula is C20H26N2O4S. The quantitative estimate of drug-likeness (QED) is 0.725. The summed E-state index contributed by atoms with van der Waals surface area (Å²) in [5, 5.41) is 0. The van der Waals surface area contributed by atoms with Crippen LogP contribution in [0.15, 0.2) is 47.1 Å². The van der Waals surface area contributed by atoms with E-state index in [1.807, 2.05) is 42.2 Å². The van der Waals surface area contributed by atoms with E-state index in [1.165, 1.54) is 5.56 Å². The molecule has 7 heteroatoms. The van der Waals surface area contributed by atoms with Crippen molar-refractivity contribution in [2.45, 2.75) is 32.5 Å². The largest absolute Gasteiger partial charge is 0.468 e. The molecule has 1 atom stereocenters. The highest BCUT2D eigenvalue weighted by molar-refractivity contribution is 7.91. The first-order valence-corrected chi connectivity index (χ1v) is 10.9. The van der Waals surface area contributed by atoms with Crippen molar-refractivity contribution in [3.8, 4) is 0 Å². The third kappa shape index (κ3) is 5.43. The highest BCUT2D eigenvalue weighted by Gasteiger charge is 2.33. The molecule has 1 aliphatic heterocycles. The average Bonchev–Trinajstić information content (AvgIpc) is 3.25. The number of benzene rings is 1. The number of hydrogen-bond donors (Lipinski definition) is 0. The Bertz CT molecular complexity index is 860. The van der Waals surface area contributed by atoms with Crippen LogP contribution in [0.25, 0.3) is 0 Å². The lowest BCUT2D eigenvalue weighted by atomic mass is 10.1. The van der Waals surface area contributed by atoms with Crippen LogP contribution in [0.1, 0.15) is 23.3 Å². The maximum Gasteiger partial charge on any atom is 0.236 e. The molecule has 0 aliphatic carbocycles. The molecule has 1 saturated heterocycles. The van der Waals surface area contributed by atoms with Gasteiger partial charge in [0.2, 0.25) is 5.91 Å². The van der Waals surface area contributed by atoms with Crippen LogP contribution in [0.5, 0.6) is 0 Å². The van der Waals surface area contributed by atoms with Crippen molar-refractivity contribution in [3.05, 3.63) is 59.5 Å². The van der Waals surface area contributed by atoms with Crippen LogP contribution in [0, 0.1) is 6.92 Å². The number of amides is 1. The van der Waals surface area contributed by atoms with E-state index in [0.717, 1.165) is 11.3 Å². The van der Waals surface area contributed by atoms with E-state index >= 15 is 0 Å².